The molecule has 1 aromatic heterocycles. The summed E-state index contributed by atoms with van der Waals surface area (Å²) in [6.07, 6.45) is 2.31. The van der Waals surface area contributed by atoms with Crippen LogP contribution in [0.4, 0.5) is 5.69 Å². The van der Waals surface area contributed by atoms with Crippen LogP contribution < -0.4 is 5.73 Å². The van der Waals surface area contributed by atoms with Gasteiger partial charge in [-0.05, 0) is 17.9 Å². The number of thiophene rings is 1. The summed E-state index contributed by atoms with van der Waals surface area (Å²) < 4.78 is 0. The van der Waals surface area contributed by atoms with Crippen molar-refractivity contribution in [1.29, 1.82) is 0 Å². The topological polar surface area (TPSA) is 26.0 Å². The van der Waals surface area contributed by atoms with E-state index in [2.05, 4.69) is 6.92 Å². The van der Waals surface area contributed by atoms with E-state index in [9.17, 15) is 0 Å². The summed E-state index contributed by atoms with van der Waals surface area (Å²) in [4.78, 5) is 1.33. The van der Waals surface area contributed by atoms with Crippen LogP contribution in [-0.2, 0) is 6.42 Å². The fraction of sp³-hybridized carbons (Fsp3) is 0.429. The number of anilines is 1. The highest BCUT2D eigenvalue weighted by Gasteiger charge is 1.96. The molecule has 0 fully saturated rings. The van der Waals surface area contributed by atoms with E-state index in [1.807, 2.05) is 11.4 Å². The summed E-state index contributed by atoms with van der Waals surface area (Å²) in [5.74, 6) is 0. The molecule has 0 spiro atoms. The van der Waals surface area contributed by atoms with Gasteiger partial charge in [-0.25, -0.2) is 0 Å². The second-order valence-corrected chi connectivity index (χ2v) is 3.05. The van der Waals surface area contributed by atoms with E-state index in [0.29, 0.717) is 0 Å². The van der Waals surface area contributed by atoms with Crippen LogP contribution in [-0.4, -0.2) is 0 Å². The van der Waals surface area contributed by atoms with E-state index in [-0.39, 0.29) is 0 Å². The van der Waals surface area contributed by atoms with Crippen molar-refractivity contribution in [2.75, 3.05) is 5.73 Å². The van der Waals surface area contributed by atoms with Gasteiger partial charge in [0.15, 0.2) is 0 Å². The van der Waals surface area contributed by atoms with Crippen LogP contribution in [0, 0.1) is 0 Å². The average molecular weight is 141 g/mol. The van der Waals surface area contributed by atoms with Crippen LogP contribution in [0.15, 0.2) is 11.4 Å². The summed E-state index contributed by atoms with van der Waals surface area (Å²) in [5, 5.41) is 2.04. The zero-order valence-corrected chi connectivity index (χ0v) is 6.37. The molecule has 1 heterocycles. The number of aryl methyl sites for hydroxylation is 1. The molecular formula is C7H11NS. The highest BCUT2D eigenvalue weighted by Crippen LogP contribution is 2.19. The number of rotatable bonds is 2. The molecule has 1 aromatic rings. The first-order valence-corrected chi connectivity index (χ1v) is 4.04. The smallest absolute Gasteiger partial charge is 0.0455 e. The second kappa shape index (κ2) is 2.87. The summed E-state index contributed by atoms with van der Waals surface area (Å²) in [7, 11) is 0. The SMILES string of the molecule is CCCc1sccc1N. The van der Waals surface area contributed by atoms with E-state index in [1.54, 1.807) is 11.3 Å². The molecule has 2 N–H and O–H groups in total. The third-order valence-corrected chi connectivity index (χ3v) is 2.25. The Morgan fingerprint density at radius 3 is 2.89 bits per heavy atom. The lowest BCUT2D eigenvalue weighted by Gasteiger charge is -1.92. The largest absolute Gasteiger partial charge is 0.398 e. The molecule has 9 heavy (non-hydrogen) atoms. The summed E-state index contributed by atoms with van der Waals surface area (Å²) in [5.41, 5.74) is 6.60. The minimum atomic E-state index is 0.960. The fourth-order valence-corrected chi connectivity index (χ4v) is 1.69. The molecule has 50 valence electrons. The molecule has 0 saturated heterocycles. The van der Waals surface area contributed by atoms with Gasteiger partial charge in [-0.2, -0.15) is 0 Å². The van der Waals surface area contributed by atoms with Crippen molar-refractivity contribution in [1.82, 2.24) is 0 Å². The highest BCUT2D eigenvalue weighted by atomic mass is 32.1. The first-order chi connectivity index (χ1) is 4.34. The van der Waals surface area contributed by atoms with Gasteiger partial charge in [-0.3, -0.25) is 0 Å². The maximum atomic E-state index is 5.64. The van der Waals surface area contributed by atoms with E-state index in [4.69, 9.17) is 5.73 Å². The van der Waals surface area contributed by atoms with Crippen LogP contribution in [0.25, 0.3) is 0 Å². The molecule has 0 saturated carbocycles. The van der Waals surface area contributed by atoms with E-state index >= 15 is 0 Å². The van der Waals surface area contributed by atoms with Gasteiger partial charge in [-0.1, -0.05) is 13.3 Å². The lowest BCUT2D eigenvalue weighted by molar-refractivity contribution is 0.942. The van der Waals surface area contributed by atoms with Crippen molar-refractivity contribution in [2.45, 2.75) is 19.8 Å². The van der Waals surface area contributed by atoms with Crippen LogP contribution in [0.1, 0.15) is 18.2 Å². The average Bonchev–Trinajstić information content (AvgIpc) is 2.18. The van der Waals surface area contributed by atoms with Crippen molar-refractivity contribution in [2.24, 2.45) is 0 Å². The molecule has 2 heteroatoms. The molecule has 0 unspecified atom stereocenters. The van der Waals surface area contributed by atoms with Gasteiger partial charge in [-0.15, -0.1) is 11.3 Å². The normalized spacial score (nSPS) is 9.89. The van der Waals surface area contributed by atoms with E-state index in [1.165, 1.54) is 11.3 Å². The zero-order valence-electron chi connectivity index (χ0n) is 5.55. The van der Waals surface area contributed by atoms with Crippen molar-refractivity contribution >= 4 is 17.0 Å². The van der Waals surface area contributed by atoms with Crippen LogP contribution in [0.3, 0.4) is 0 Å². The van der Waals surface area contributed by atoms with Crippen molar-refractivity contribution in [3.63, 3.8) is 0 Å². The van der Waals surface area contributed by atoms with Crippen LogP contribution in [0.2, 0.25) is 0 Å². The molecule has 0 aliphatic carbocycles. The number of hydrogen-bond donors (Lipinski definition) is 1. The Kier molecular flexibility index (Phi) is 2.11. The lowest BCUT2D eigenvalue weighted by atomic mass is 10.3. The van der Waals surface area contributed by atoms with Gasteiger partial charge in [0.2, 0.25) is 0 Å². The molecule has 1 nitrogen and oxygen atoms in total. The molecule has 0 bridgehead atoms. The molecule has 0 aromatic carbocycles. The first kappa shape index (κ1) is 6.62. The Hall–Kier alpha value is -0.500. The third-order valence-electron chi connectivity index (χ3n) is 1.26. The minimum Gasteiger partial charge on any atom is -0.398 e. The molecular weight excluding hydrogens is 130 g/mol. The van der Waals surface area contributed by atoms with Gasteiger partial charge >= 0.3 is 0 Å². The maximum Gasteiger partial charge on any atom is 0.0455 e. The Labute approximate surface area is 59.5 Å². The third kappa shape index (κ3) is 1.45. The first-order valence-electron chi connectivity index (χ1n) is 3.16. The number of nitrogens with two attached hydrogens (primary N) is 1. The fourth-order valence-electron chi connectivity index (χ4n) is 0.781. The van der Waals surface area contributed by atoms with Gasteiger partial charge in [0.05, 0.1) is 0 Å². The molecule has 1 rings (SSSR count). The van der Waals surface area contributed by atoms with Gasteiger partial charge in [0.1, 0.15) is 0 Å². The lowest BCUT2D eigenvalue weighted by Crippen LogP contribution is -1.86. The molecule has 0 amide bonds. The molecule has 0 aliphatic rings. The second-order valence-electron chi connectivity index (χ2n) is 2.05. The zero-order chi connectivity index (χ0) is 6.69. The Morgan fingerprint density at radius 2 is 2.44 bits per heavy atom. The van der Waals surface area contributed by atoms with E-state index in [0.717, 1.165) is 12.1 Å². The Bertz CT molecular complexity index is 181. The Balaban J connectivity index is 2.69. The van der Waals surface area contributed by atoms with Crippen molar-refractivity contribution in [3.05, 3.63) is 16.3 Å². The van der Waals surface area contributed by atoms with Crippen molar-refractivity contribution < 1.29 is 0 Å². The maximum absolute atomic E-state index is 5.64. The summed E-state index contributed by atoms with van der Waals surface area (Å²) in [6, 6.07) is 1.97. The Morgan fingerprint density at radius 1 is 1.67 bits per heavy atom. The van der Waals surface area contributed by atoms with Crippen LogP contribution in [0.5, 0.6) is 0 Å². The number of hydrogen-bond acceptors (Lipinski definition) is 2. The predicted molar refractivity (Wildman–Crippen MR) is 42.7 cm³/mol. The monoisotopic (exact) mass is 141 g/mol. The number of nitrogen functional groups attached to an aromatic ring is 1. The van der Waals surface area contributed by atoms with Gasteiger partial charge in [0, 0.05) is 10.6 Å². The molecule has 0 radical (unpaired) electrons. The van der Waals surface area contributed by atoms with Gasteiger partial charge in [0.25, 0.3) is 0 Å². The quantitative estimate of drug-likeness (QED) is 0.671. The molecule has 0 atom stereocenters. The van der Waals surface area contributed by atoms with Crippen LogP contribution >= 0.6 is 11.3 Å². The molecule has 0 aliphatic heterocycles. The predicted octanol–water partition coefficient (Wildman–Crippen LogP) is 2.28. The minimum absolute atomic E-state index is 0.960. The van der Waals surface area contributed by atoms with Gasteiger partial charge < -0.3 is 5.73 Å². The highest BCUT2D eigenvalue weighted by molar-refractivity contribution is 7.10. The van der Waals surface area contributed by atoms with E-state index < -0.39 is 0 Å². The summed E-state index contributed by atoms with van der Waals surface area (Å²) >= 11 is 1.75. The van der Waals surface area contributed by atoms with Crippen molar-refractivity contribution in [3.8, 4) is 0 Å². The standard InChI is InChI=1S/C7H11NS/c1-2-3-7-6(8)4-5-9-7/h4-5H,2-3,8H2,1H3. The summed E-state index contributed by atoms with van der Waals surface area (Å²) in [6.45, 7) is 2.17.